The number of amides is 1. The molecule has 0 aliphatic carbocycles. The number of fused-ring (bicyclic) bond motifs is 1. The van der Waals surface area contributed by atoms with Gasteiger partial charge in [-0.25, -0.2) is 8.42 Å². The molecule has 8 heteroatoms. The van der Waals surface area contributed by atoms with Gasteiger partial charge in [-0.1, -0.05) is 29.8 Å². The minimum atomic E-state index is -3.57. The molecular formula is C23H30N2O5S. The van der Waals surface area contributed by atoms with Crippen molar-refractivity contribution in [1.29, 1.82) is 0 Å². The van der Waals surface area contributed by atoms with E-state index in [2.05, 4.69) is 5.32 Å². The molecule has 0 radical (unpaired) electrons. The van der Waals surface area contributed by atoms with Gasteiger partial charge in [-0.2, -0.15) is 4.31 Å². The van der Waals surface area contributed by atoms with Crippen LogP contribution < -0.4 is 14.8 Å². The van der Waals surface area contributed by atoms with Crippen LogP contribution in [0.3, 0.4) is 0 Å². The van der Waals surface area contributed by atoms with Crippen molar-refractivity contribution >= 4 is 15.9 Å². The molecule has 0 saturated heterocycles. The van der Waals surface area contributed by atoms with E-state index in [1.54, 1.807) is 13.2 Å². The fourth-order valence-electron chi connectivity index (χ4n) is 3.68. The molecule has 2 aromatic rings. The number of carbonyl (C=O) groups excluding carboxylic acids is 1. The zero-order valence-corrected chi connectivity index (χ0v) is 19.5. The third kappa shape index (κ3) is 5.98. The fraction of sp³-hybridized carbons (Fsp3) is 0.435. The number of nitrogens with zero attached hydrogens (tertiary/aromatic N) is 1. The van der Waals surface area contributed by atoms with Gasteiger partial charge in [0, 0.05) is 24.6 Å². The van der Waals surface area contributed by atoms with Crippen LogP contribution in [0, 0.1) is 6.92 Å². The molecule has 0 bridgehead atoms. The van der Waals surface area contributed by atoms with Crippen LogP contribution in [0.25, 0.3) is 0 Å². The number of carbonyl (C=O) groups is 1. The first kappa shape index (κ1) is 23.1. The summed E-state index contributed by atoms with van der Waals surface area (Å²) in [7, 11) is -1.98. The molecule has 1 aliphatic rings. The monoisotopic (exact) mass is 446 g/mol. The summed E-state index contributed by atoms with van der Waals surface area (Å²) in [6, 6.07) is 12.8. The van der Waals surface area contributed by atoms with Gasteiger partial charge in [-0.05, 0) is 38.5 Å². The van der Waals surface area contributed by atoms with E-state index in [-0.39, 0.29) is 25.0 Å². The van der Waals surface area contributed by atoms with Crippen molar-refractivity contribution in [3.63, 3.8) is 0 Å². The van der Waals surface area contributed by atoms with Crippen molar-refractivity contribution in [1.82, 2.24) is 9.62 Å². The van der Waals surface area contributed by atoms with Gasteiger partial charge in [0.25, 0.3) is 0 Å². The number of aryl methyl sites for hydroxylation is 1. The maximum atomic E-state index is 12.9. The fourth-order valence-corrected chi connectivity index (χ4v) is 4.41. The molecule has 1 N–H and O–H groups in total. The molecule has 0 fully saturated rings. The molecule has 1 amide bonds. The Hall–Kier alpha value is -2.58. The number of sulfonamides is 1. The first-order chi connectivity index (χ1) is 14.5. The average molecular weight is 447 g/mol. The topological polar surface area (TPSA) is 84.9 Å². The Balaban J connectivity index is 1.77. The van der Waals surface area contributed by atoms with Crippen molar-refractivity contribution in [3.8, 4) is 11.5 Å². The highest BCUT2D eigenvalue weighted by molar-refractivity contribution is 7.88. The Morgan fingerprint density at radius 3 is 2.52 bits per heavy atom. The van der Waals surface area contributed by atoms with Crippen LogP contribution in [0.15, 0.2) is 42.5 Å². The van der Waals surface area contributed by atoms with E-state index >= 15 is 0 Å². The predicted octanol–water partition coefficient (Wildman–Crippen LogP) is 3.18. The summed E-state index contributed by atoms with van der Waals surface area (Å²) in [5, 5.41) is 3.00. The number of methoxy groups -OCH3 is 1. The third-order valence-electron chi connectivity index (χ3n) is 5.28. The summed E-state index contributed by atoms with van der Waals surface area (Å²) in [6.07, 6.45) is 1.68. The second-order valence-corrected chi connectivity index (χ2v) is 10.6. The average Bonchev–Trinajstić information content (AvgIpc) is 2.67. The van der Waals surface area contributed by atoms with E-state index in [1.165, 1.54) is 4.31 Å². The van der Waals surface area contributed by atoms with Gasteiger partial charge < -0.3 is 14.8 Å². The van der Waals surface area contributed by atoms with Crippen molar-refractivity contribution in [2.24, 2.45) is 0 Å². The Morgan fingerprint density at radius 2 is 1.90 bits per heavy atom. The summed E-state index contributed by atoms with van der Waals surface area (Å²) in [6.45, 7) is 5.76. The minimum absolute atomic E-state index is 0.138. The van der Waals surface area contributed by atoms with Crippen LogP contribution >= 0.6 is 0 Å². The van der Waals surface area contributed by atoms with E-state index in [9.17, 15) is 13.2 Å². The molecule has 31 heavy (non-hydrogen) atoms. The summed E-state index contributed by atoms with van der Waals surface area (Å²) in [5.74, 6) is 0.963. The van der Waals surface area contributed by atoms with Gasteiger partial charge in [0.2, 0.25) is 15.9 Å². The highest BCUT2D eigenvalue weighted by Crippen LogP contribution is 2.41. The van der Waals surface area contributed by atoms with E-state index in [4.69, 9.17) is 9.47 Å². The lowest BCUT2D eigenvalue weighted by atomic mass is 9.89. The molecular weight excluding hydrogens is 416 g/mol. The number of rotatable bonds is 7. The van der Waals surface area contributed by atoms with Gasteiger partial charge in [-0.3, -0.25) is 4.79 Å². The maximum Gasteiger partial charge on any atom is 0.235 e. The predicted molar refractivity (Wildman–Crippen MR) is 120 cm³/mol. The number of hydrogen-bond acceptors (Lipinski definition) is 5. The summed E-state index contributed by atoms with van der Waals surface area (Å²) in [4.78, 5) is 12.9. The lowest BCUT2D eigenvalue weighted by Gasteiger charge is -2.38. The quantitative estimate of drug-likeness (QED) is 0.706. The Labute approximate surface area is 184 Å². The second kappa shape index (κ2) is 8.88. The van der Waals surface area contributed by atoms with Crippen molar-refractivity contribution in [2.75, 3.05) is 19.9 Å². The van der Waals surface area contributed by atoms with Crippen LogP contribution in [-0.4, -0.2) is 44.1 Å². The number of hydrogen-bond donors (Lipinski definition) is 1. The standard InChI is InChI=1S/C23H30N2O5S/c1-16-6-8-17(9-7-16)14-25(31(5,27)28)15-22(26)24-20-13-23(2,3)30-21-12-18(29-4)10-11-19(20)21/h6-12,20H,13-15H2,1-5H3,(H,24,26). The zero-order chi connectivity index (χ0) is 22.8. The molecule has 0 spiro atoms. The van der Waals surface area contributed by atoms with Gasteiger partial charge in [0.15, 0.2) is 0 Å². The van der Waals surface area contributed by atoms with Gasteiger partial charge >= 0.3 is 0 Å². The largest absolute Gasteiger partial charge is 0.497 e. The van der Waals surface area contributed by atoms with E-state index in [1.807, 2.05) is 57.2 Å². The SMILES string of the molecule is COc1ccc2c(c1)OC(C)(C)CC2NC(=O)CN(Cc1ccc(C)cc1)S(C)(=O)=O. The maximum absolute atomic E-state index is 12.9. The van der Waals surface area contributed by atoms with Crippen LogP contribution in [-0.2, 0) is 21.4 Å². The normalized spacial score (nSPS) is 17.5. The third-order valence-corrected chi connectivity index (χ3v) is 6.48. The first-order valence-electron chi connectivity index (χ1n) is 10.1. The lowest BCUT2D eigenvalue weighted by Crippen LogP contribution is -2.45. The van der Waals surface area contributed by atoms with E-state index in [0.29, 0.717) is 17.9 Å². The molecule has 168 valence electrons. The van der Waals surface area contributed by atoms with Crippen LogP contribution in [0.2, 0.25) is 0 Å². The van der Waals surface area contributed by atoms with Crippen LogP contribution in [0.4, 0.5) is 0 Å². The number of nitrogens with one attached hydrogen (secondary N) is 1. The summed E-state index contributed by atoms with van der Waals surface area (Å²) in [5.41, 5.74) is 2.27. The molecule has 1 unspecified atom stereocenters. The minimum Gasteiger partial charge on any atom is -0.497 e. The van der Waals surface area contributed by atoms with Gasteiger partial charge in [0.1, 0.15) is 17.1 Å². The smallest absolute Gasteiger partial charge is 0.235 e. The molecule has 1 atom stereocenters. The van der Waals surface area contributed by atoms with Gasteiger partial charge in [-0.15, -0.1) is 0 Å². The number of benzene rings is 2. The number of ether oxygens (including phenoxy) is 2. The van der Waals surface area contributed by atoms with Crippen molar-refractivity contribution < 1.29 is 22.7 Å². The second-order valence-electron chi connectivity index (χ2n) is 8.61. The first-order valence-corrected chi connectivity index (χ1v) is 12.0. The molecule has 0 saturated carbocycles. The van der Waals surface area contributed by atoms with Crippen LogP contribution in [0.5, 0.6) is 11.5 Å². The highest BCUT2D eigenvalue weighted by Gasteiger charge is 2.35. The van der Waals surface area contributed by atoms with Crippen molar-refractivity contribution in [2.45, 2.75) is 45.4 Å². The Bertz CT molecular complexity index is 1050. The Kier molecular flexibility index (Phi) is 6.62. The lowest BCUT2D eigenvalue weighted by molar-refractivity contribution is -0.122. The molecule has 7 nitrogen and oxygen atoms in total. The van der Waals surface area contributed by atoms with Gasteiger partial charge in [0.05, 0.1) is 26.0 Å². The highest BCUT2D eigenvalue weighted by atomic mass is 32.2. The van der Waals surface area contributed by atoms with Crippen LogP contribution in [0.1, 0.15) is 43.0 Å². The molecule has 0 aromatic heterocycles. The summed E-state index contributed by atoms with van der Waals surface area (Å²) < 4.78 is 37.2. The van der Waals surface area contributed by atoms with E-state index in [0.717, 1.165) is 22.9 Å². The van der Waals surface area contributed by atoms with E-state index < -0.39 is 15.6 Å². The molecule has 1 heterocycles. The molecule has 2 aromatic carbocycles. The zero-order valence-electron chi connectivity index (χ0n) is 18.6. The molecule has 3 rings (SSSR count). The molecule has 1 aliphatic heterocycles. The van der Waals surface area contributed by atoms with Crippen molar-refractivity contribution in [3.05, 3.63) is 59.2 Å². The summed E-state index contributed by atoms with van der Waals surface area (Å²) >= 11 is 0. The Morgan fingerprint density at radius 1 is 1.23 bits per heavy atom.